The molecule has 1 fully saturated rings. The molecule has 0 radical (unpaired) electrons. The Hall–Kier alpha value is -2.51. The second-order valence-corrected chi connectivity index (χ2v) is 7.97. The second-order valence-electron chi connectivity index (χ2n) is 7.53. The zero-order chi connectivity index (χ0) is 21.5. The van der Waals surface area contributed by atoms with Gasteiger partial charge < -0.3 is 19.9 Å². The van der Waals surface area contributed by atoms with Crippen LogP contribution in [0.1, 0.15) is 16.8 Å². The van der Waals surface area contributed by atoms with E-state index in [4.69, 9.17) is 16.3 Å². The number of carbonyl (C=O) groups excluding carboxylic acids is 1. The molecule has 0 unspecified atom stereocenters. The fraction of sp³-hybridized carbons (Fsp3) is 0.455. The largest absolute Gasteiger partial charge is 0.495 e. The number of nitrogens with one attached hydrogen (secondary N) is 1. The SMILES string of the molecule is COc1ccccc1N1CCN(CCCNc2ncc(Cl)cc2C(=O)N(C)C)CC1. The average molecular weight is 432 g/mol. The molecule has 1 N–H and O–H groups in total. The van der Waals surface area contributed by atoms with Crippen molar-refractivity contribution in [3.8, 4) is 5.75 Å². The van der Waals surface area contributed by atoms with Crippen LogP contribution in [0.2, 0.25) is 5.02 Å². The van der Waals surface area contributed by atoms with E-state index in [9.17, 15) is 4.79 Å². The molecule has 8 heteroatoms. The van der Waals surface area contributed by atoms with Crippen LogP contribution in [0.5, 0.6) is 5.75 Å². The van der Waals surface area contributed by atoms with Gasteiger partial charge in [0.2, 0.25) is 0 Å². The van der Waals surface area contributed by atoms with E-state index in [1.165, 1.54) is 4.90 Å². The molecular weight excluding hydrogens is 402 g/mol. The number of hydrogen-bond donors (Lipinski definition) is 1. The maximum absolute atomic E-state index is 12.4. The summed E-state index contributed by atoms with van der Waals surface area (Å²) >= 11 is 6.02. The second kappa shape index (κ2) is 10.5. The number of nitrogens with zero attached hydrogens (tertiary/aromatic N) is 4. The summed E-state index contributed by atoms with van der Waals surface area (Å²) in [5, 5.41) is 3.75. The van der Waals surface area contributed by atoms with Crippen molar-refractivity contribution < 1.29 is 9.53 Å². The molecule has 0 aliphatic carbocycles. The molecule has 1 aromatic heterocycles. The van der Waals surface area contributed by atoms with Crippen LogP contribution in [0.15, 0.2) is 36.5 Å². The van der Waals surface area contributed by atoms with E-state index in [2.05, 4.69) is 32.2 Å². The Morgan fingerprint density at radius 2 is 1.97 bits per heavy atom. The van der Waals surface area contributed by atoms with Crippen LogP contribution in [-0.2, 0) is 0 Å². The van der Waals surface area contributed by atoms with Crippen molar-refractivity contribution in [2.45, 2.75) is 6.42 Å². The topological polar surface area (TPSA) is 60.9 Å². The minimum absolute atomic E-state index is 0.111. The number of anilines is 2. The summed E-state index contributed by atoms with van der Waals surface area (Å²) in [6, 6.07) is 9.84. The summed E-state index contributed by atoms with van der Waals surface area (Å²) in [6.45, 7) is 5.73. The fourth-order valence-corrected chi connectivity index (χ4v) is 3.75. The number of pyridine rings is 1. The lowest BCUT2D eigenvalue weighted by Gasteiger charge is -2.36. The van der Waals surface area contributed by atoms with E-state index in [1.807, 2.05) is 12.1 Å². The molecule has 162 valence electrons. The van der Waals surface area contributed by atoms with Crippen LogP contribution in [0.3, 0.4) is 0 Å². The molecule has 2 aromatic rings. The summed E-state index contributed by atoms with van der Waals surface area (Å²) in [5.41, 5.74) is 1.66. The molecule has 0 bridgehead atoms. The van der Waals surface area contributed by atoms with Crippen molar-refractivity contribution in [1.82, 2.24) is 14.8 Å². The average Bonchev–Trinajstić information content (AvgIpc) is 2.77. The third kappa shape index (κ3) is 5.55. The molecule has 1 aromatic carbocycles. The monoisotopic (exact) mass is 431 g/mol. The van der Waals surface area contributed by atoms with Gasteiger partial charge in [0.05, 0.1) is 23.4 Å². The Morgan fingerprint density at radius 1 is 1.23 bits per heavy atom. The molecule has 1 aliphatic rings. The molecule has 1 saturated heterocycles. The Morgan fingerprint density at radius 3 is 2.67 bits per heavy atom. The van der Waals surface area contributed by atoms with Crippen LogP contribution in [0, 0.1) is 0 Å². The highest BCUT2D eigenvalue weighted by atomic mass is 35.5. The molecule has 2 heterocycles. The first-order chi connectivity index (χ1) is 14.5. The summed E-state index contributed by atoms with van der Waals surface area (Å²) in [4.78, 5) is 23.0. The van der Waals surface area contributed by atoms with Crippen molar-refractivity contribution in [2.24, 2.45) is 0 Å². The van der Waals surface area contributed by atoms with Gasteiger partial charge in [-0.25, -0.2) is 4.98 Å². The van der Waals surface area contributed by atoms with E-state index < -0.39 is 0 Å². The lowest BCUT2D eigenvalue weighted by atomic mass is 10.2. The van der Waals surface area contributed by atoms with Crippen LogP contribution < -0.4 is 15.0 Å². The van der Waals surface area contributed by atoms with Gasteiger partial charge in [0.15, 0.2) is 0 Å². The fourth-order valence-electron chi connectivity index (χ4n) is 3.60. The minimum Gasteiger partial charge on any atom is -0.495 e. The smallest absolute Gasteiger partial charge is 0.257 e. The van der Waals surface area contributed by atoms with Crippen LogP contribution in [-0.4, -0.2) is 81.2 Å². The highest BCUT2D eigenvalue weighted by molar-refractivity contribution is 6.31. The summed E-state index contributed by atoms with van der Waals surface area (Å²) in [7, 11) is 5.16. The molecule has 7 nitrogen and oxygen atoms in total. The number of piperazine rings is 1. The lowest BCUT2D eigenvalue weighted by Crippen LogP contribution is -2.47. The third-order valence-corrected chi connectivity index (χ3v) is 5.44. The number of para-hydroxylation sites is 2. The zero-order valence-corrected chi connectivity index (χ0v) is 18.7. The van der Waals surface area contributed by atoms with E-state index >= 15 is 0 Å². The molecule has 0 spiro atoms. The van der Waals surface area contributed by atoms with Crippen molar-refractivity contribution in [3.05, 3.63) is 47.1 Å². The predicted octanol–water partition coefficient (Wildman–Crippen LogP) is 3.07. The number of amides is 1. The van der Waals surface area contributed by atoms with Gasteiger partial charge in [0.1, 0.15) is 11.6 Å². The number of hydrogen-bond acceptors (Lipinski definition) is 6. The molecule has 0 atom stereocenters. The molecule has 3 rings (SSSR count). The summed E-state index contributed by atoms with van der Waals surface area (Å²) in [6.07, 6.45) is 2.53. The summed E-state index contributed by atoms with van der Waals surface area (Å²) < 4.78 is 5.49. The Bertz CT molecular complexity index is 853. The van der Waals surface area contributed by atoms with Gasteiger partial charge in [-0.15, -0.1) is 0 Å². The first-order valence-corrected chi connectivity index (χ1v) is 10.6. The normalized spacial score (nSPS) is 14.5. The highest BCUT2D eigenvalue weighted by Crippen LogP contribution is 2.28. The molecular formula is C22H30ClN5O2. The number of carbonyl (C=O) groups is 1. The number of ether oxygens (including phenoxy) is 1. The quantitative estimate of drug-likeness (QED) is 0.648. The Labute approximate surface area is 183 Å². The van der Waals surface area contributed by atoms with Gasteiger partial charge in [-0.05, 0) is 31.2 Å². The van der Waals surface area contributed by atoms with Crippen molar-refractivity contribution >= 4 is 29.0 Å². The first kappa shape index (κ1) is 22.2. The maximum Gasteiger partial charge on any atom is 0.257 e. The van der Waals surface area contributed by atoms with E-state index in [1.54, 1.807) is 33.5 Å². The highest BCUT2D eigenvalue weighted by Gasteiger charge is 2.19. The first-order valence-electron chi connectivity index (χ1n) is 10.2. The number of halogens is 1. The summed E-state index contributed by atoms with van der Waals surface area (Å²) in [5.74, 6) is 1.40. The predicted molar refractivity (Wildman–Crippen MR) is 122 cm³/mol. The van der Waals surface area contributed by atoms with Crippen molar-refractivity contribution in [2.75, 3.05) is 70.7 Å². The molecule has 1 aliphatic heterocycles. The van der Waals surface area contributed by atoms with Gasteiger partial charge in [-0.3, -0.25) is 9.69 Å². The van der Waals surface area contributed by atoms with Crippen LogP contribution >= 0.6 is 11.6 Å². The Balaban J connectivity index is 1.46. The van der Waals surface area contributed by atoms with Crippen LogP contribution in [0.25, 0.3) is 0 Å². The number of benzene rings is 1. The van der Waals surface area contributed by atoms with Crippen molar-refractivity contribution in [3.63, 3.8) is 0 Å². The van der Waals surface area contributed by atoms with Crippen LogP contribution in [0.4, 0.5) is 11.5 Å². The maximum atomic E-state index is 12.4. The molecule has 1 amide bonds. The lowest BCUT2D eigenvalue weighted by molar-refractivity contribution is 0.0828. The van der Waals surface area contributed by atoms with Gasteiger partial charge in [-0.2, -0.15) is 0 Å². The van der Waals surface area contributed by atoms with Gasteiger partial charge in [0, 0.05) is 53.0 Å². The van der Waals surface area contributed by atoms with E-state index in [-0.39, 0.29) is 5.91 Å². The van der Waals surface area contributed by atoms with Gasteiger partial charge >= 0.3 is 0 Å². The molecule has 30 heavy (non-hydrogen) atoms. The minimum atomic E-state index is -0.111. The van der Waals surface area contributed by atoms with E-state index in [0.29, 0.717) is 16.4 Å². The number of aromatic nitrogens is 1. The van der Waals surface area contributed by atoms with E-state index in [0.717, 1.165) is 57.1 Å². The number of rotatable bonds is 8. The number of methoxy groups -OCH3 is 1. The van der Waals surface area contributed by atoms with Crippen molar-refractivity contribution in [1.29, 1.82) is 0 Å². The molecule has 0 saturated carbocycles. The third-order valence-electron chi connectivity index (χ3n) is 5.23. The standard InChI is InChI=1S/C22H30ClN5O2/c1-26(2)22(29)18-15-17(23)16-25-21(18)24-9-6-10-27-11-13-28(14-12-27)19-7-4-5-8-20(19)30-3/h4-5,7-8,15-16H,6,9-14H2,1-3H3,(H,24,25). The van der Waals surface area contributed by atoms with Gasteiger partial charge in [0.25, 0.3) is 5.91 Å². The zero-order valence-electron chi connectivity index (χ0n) is 17.9. The van der Waals surface area contributed by atoms with Gasteiger partial charge in [-0.1, -0.05) is 23.7 Å². The Kier molecular flexibility index (Phi) is 7.76.